The summed E-state index contributed by atoms with van der Waals surface area (Å²) in [6.07, 6.45) is 2.06. The Balaban J connectivity index is 1.23. The second kappa shape index (κ2) is 11.8. The van der Waals surface area contributed by atoms with Crippen molar-refractivity contribution in [3.8, 4) is 44.5 Å². The Morgan fingerprint density at radius 2 is 0.828 bits per heavy atom. The second-order valence-corrected chi connectivity index (χ2v) is 16.7. The van der Waals surface area contributed by atoms with Gasteiger partial charge in [-0.25, -0.2) is 0 Å². The Labute approximate surface area is 337 Å². The summed E-state index contributed by atoms with van der Waals surface area (Å²) in [6, 6.07) is 64.6. The lowest BCUT2D eigenvalue weighted by molar-refractivity contribution is 0.947. The number of hydrogen-bond donors (Lipinski definition) is 0. The van der Waals surface area contributed by atoms with E-state index in [4.69, 9.17) is 0 Å². The summed E-state index contributed by atoms with van der Waals surface area (Å²) in [7, 11) is 0. The van der Waals surface area contributed by atoms with Crippen LogP contribution in [0.5, 0.6) is 0 Å². The molecule has 0 heteroatoms. The Bertz CT molecular complexity index is 3640. The molecule has 0 fully saturated rings. The highest BCUT2D eigenvalue weighted by atomic mass is 14.3. The summed E-state index contributed by atoms with van der Waals surface area (Å²) in [4.78, 5) is 0. The molecule has 12 aromatic rings. The van der Waals surface area contributed by atoms with Crippen molar-refractivity contribution < 1.29 is 0 Å². The molecule has 0 nitrogen and oxygen atoms in total. The molecule has 0 radical (unpaired) electrons. The van der Waals surface area contributed by atoms with Crippen LogP contribution in [0, 0.1) is 13.8 Å². The van der Waals surface area contributed by atoms with E-state index in [0.717, 1.165) is 12.8 Å². The number of rotatable bonds is 3. The third kappa shape index (κ3) is 4.19. The lowest BCUT2D eigenvalue weighted by atomic mass is 9.80. The zero-order valence-corrected chi connectivity index (χ0v) is 32.6. The Morgan fingerprint density at radius 3 is 1.57 bits per heavy atom. The van der Waals surface area contributed by atoms with Crippen LogP contribution in [0.4, 0.5) is 0 Å². The van der Waals surface area contributed by atoms with Crippen LogP contribution >= 0.6 is 0 Å². The SMILES string of the molecule is Cc1cccc(C)c1-c1ccc2c(c1)CCc1cc3c4c(-c5ccccc5)c5cc6c7ccccc7c7cccc(c5c(-c5ccccc5)c4c4cccc(c1-2)c34)c76. The number of hydrogen-bond acceptors (Lipinski definition) is 0. The molecule has 0 unspecified atom stereocenters. The van der Waals surface area contributed by atoms with Crippen LogP contribution < -0.4 is 0 Å². The fourth-order valence-corrected chi connectivity index (χ4v) is 11.4. The largest absolute Gasteiger partial charge is 0.0622 e. The molecule has 0 saturated heterocycles. The lowest BCUT2D eigenvalue weighted by Gasteiger charge is -2.24. The van der Waals surface area contributed by atoms with Crippen LogP contribution in [0.2, 0.25) is 0 Å². The molecule has 0 N–H and O–H groups in total. The minimum atomic E-state index is 1.02. The van der Waals surface area contributed by atoms with Crippen LogP contribution in [0.3, 0.4) is 0 Å². The van der Waals surface area contributed by atoms with Gasteiger partial charge < -0.3 is 0 Å². The number of aryl methyl sites for hydroxylation is 4. The molecule has 58 heavy (non-hydrogen) atoms. The third-order valence-electron chi connectivity index (χ3n) is 13.7. The van der Waals surface area contributed by atoms with Crippen molar-refractivity contribution in [2.45, 2.75) is 26.7 Å². The van der Waals surface area contributed by atoms with Gasteiger partial charge in [0.2, 0.25) is 0 Å². The molecular weight excluding hydrogens is 697 g/mol. The van der Waals surface area contributed by atoms with Crippen LogP contribution in [0.1, 0.15) is 22.3 Å². The van der Waals surface area contributed by atoms with Gasteiger partial charge in [-0.2, -0.15) is 0 Å². The first-order valence-corrected chi connectivity index (χ1v) is 20.7. The predicted molar refractivity (Wildman–Crippen MR) is 250 cm³/mol. The molecule has 0 bridgehead atoms. The Hall–Kier alpha value is -7.02. The predicted octanol–water partition coefficient (Wildman–Crippen LogP) is 16.0. The van der Waals surface area contributed by atoms with Crippen molar-refractivity contribution in [1.29, 1.82) is 0 Å². The smallest absolute Gasteiger partial charge is 0.000719 e. The summed E-state index contributed by atoms with van der Waals surface area (Å²) in [6.45, 7) is 4.48. The molecule has 0 atom stereocenters. The van der Waals surface area contributed by atoms with E-state index in [9.17, 15) is 0 Å². The van der Waals surface area contributed by atoms with Gasteiger partial charge in [0.15, 0.2) is 0 Å². The molecule has 0 aliphatic heterocycles. The first-order chi connectivity index (χ1) is 28.6. The van der Waals surface area contributed by atoms with E-state index in [-0.39, 0.29) is 0 Å². The van der Waals surface area contributed by atoms with E-state index < -0.39 is 0 Å². The van der Waals surface area contributed by atoms with Gasteiger partial charge in [0, 0.05) is 0 Å². The molecule has 270 valence electrons. The highest BCUT2D eigenvalue weighted by molar-refractivity contribution is 6.45. The Morgan fingerprint density at radius 1 is 0.276 bits per heavy atom. The average Bonchev–Trinajstić information content (AvgIpc) is 3.77. The molecule has 0 amide bonds. The topological polar surface area (TPSA) is 0 Å². The van der Waals surface area contributed by atoms with Gasteiger partial charge in [0.25, 0.3) is 0 Å². The van der Waals surface area contributed by atoms with Crippen molar-refractivity contribution in [2.75, 3.05) is 0 Å². The summed E-state index contributed by atoms with van der Waals surface area (Å²) in [5.41, 5.74) is 16.3. The maximum Gasteiger partial charge on any atom is -0.000719 e. The normalized spacial score (nSPS) is 12.9. The van der Waals surface area contributed by atoms with Gasteiger partial charge in [0.05, 0.1) is 0 Å². The van der Waals surface area contributed by atoms with E-state index in [1.54, 1.807) is 0 Å². The minimum Gasteiger partial charge on any atom is -0.0622 e. The van der Waals surface area contributed by atoms with Gasteiger partial charge in [-0.1, -0.05) is 158 Å². The number of fused-ring (bicyclic) bond motifs is 12. The van der Waals surface area contributed by atoms with Crippen molar-refractivity contribution in [2.24, 2.45) is 0 Å². The van der Waals surface area contributed by atoms with E-state index in [1.165, 1.54) is 142 Å². The van der Waals surface area contributed by atoms with E-state index in [2.05, 4.69) is 184 Å². The summed E-state index contributed by atoms with van der Waals surface area (Å²) < 4.78 is 0. The molecule has 0 saturated carbocycles. The maximum atomic E-state index is 2.59. The maximum absolute atomic E-state index is 2.59. The molecule has 1 aliphatic rings. The van der Waals surface area contributed by atoms with Crippen LogP contribution in [0.15, 0.2) is 170 Å². The van der Waals surface area contributed by atoms with Crippen LogP contribution in [-0.2, 0) is 12.8 Å². The monoisotopic (exact) mass is 734 g/mol. The number of benzene rings is 10. The van der Waals surface area contributed by atoms with Gasteiger partial charge in [-0.15, -0.1) is 0 Å². The lowest BCUT2D eigenvalue weighted by Crippen LogP contribution is -2.05. The van der Waals surface area contributed by atoms with E-state index in [0.29, 0.717) is 0 Å². The Kier molecular flexibility index (Phi) is 6.51. The summed E-state index contributed by atoms with van der Waals surface area (Å²) >= 11 is 0. The van der Waals surface area contributed by atoms with Crippen molar-refractivity contribution in [1.82, 2.24) is 0 Å². The molecule has 1 aliphatic carbocycles. The third-order valence-corrected chi connectivity index (χ3v) is 13.7. The molecule has 0 heterocycles. The van der Waals surface area contributed by atoms with Crippen LogP contribution in [-0.4, -0.2) is 0 Å². The summed E-state index contributed by atoms with van der Waals surface area (Å²) in [5, 5.41) is 18.9. The van der Waals surface area contributed by atoms with E-state index >= 15 is 0 Å². The minimum absolute atomic E-state index is 1.02. The molecular formula is C58H38. The van der Waals surface area contributed by atoms with Crippen molar-refractivity contribution in [3.05, 3.63) is 192 Å². The van der Waals surface area contributed by atoms with E-state index in [1.807, 2.05) is 0 Å². The van der Waals surface area contributed by atoms with Gasteiger partial charge in [-0.05, 0) is 181 Å². The quantitative estimate of drug-likeness (QED) is 0.159. The van der Waals surface area contributed by atoms with Crippen LogP contribution in [0.25, 0.3) is 120 Å². The zero-order valence-electron chi connectivity index (χ0n) is 32.6. The fraction of sp³-hybridized carbons (Fsp3) is 0.0690. The zero-order chi connectivity index (χ0) is 38.2. The first kappa shape index (κ1) is 32.1. The molecule has 13 rings (SSSR count). The standard InChI is InChI=1S/C58H38/c1-33-14-11-15-34(2)50(33)38-28-29-40-37(30-38)26-27-39-31-48-55-44(51(39)40)23-13-25-46(55)57-53(36-18-7-4-8-19-36)56-45-24-12-22-43-41-20-9-10-21-42(41)47(54(43)45)32-49(56)52(58(48)57)35-16-5-3-6-17-35/h3-25,28-32H,26-27H2,1-2H3. The highest BCUT2D eigenvalue weighted by Gasteiger charge is 2.29. The second-order valence-electron chi connectivity index (χ2n) is 16.7. The van der Waals surface area contributed by atoms with Gasteiger partial charge in [0.1, 0.15) is 0 Å². The highest BCUT2D eigenvalue weighted by Crippen LogP contribution is 2.56. The average molecular weight is 735 g/mol. The summed E-state index contributed by atoms with van der Waals surface area (Å²) in [5.74, 6) is 0. The molecule has 0 spiro atoms. The molecule has 12 aromatic carbocycles. The van der Waals surface area contributed by atoms with Gasteiger partial charge in [-0.3, -0.25) is 0 Å². The molecule has 0 aromatic heterocycles. The van der Waals surface area contributed by atoms with Gasteiger partial charge >= 0.3 is 0 Å². The van der Waals surface area contributed by atoms with Crippen molar-refractivity contribution >= 4 is 75.4 Å². The van der Waals surface area contributed by atoms with Crippen molar-refractivity contribution in [3.63, 3.8) is 0 Å². The fourth-order valence-electron chi connectivity index (χ4n) is 11.4. The first-order valence-electron chi connectivity index (χ1n) is 20.7.